The molecule has 1 aromatic rings. The van der Waals surface area contributed by atoms with Crippen molar-refractivity contribution in [2.45, 2.75) is 44.7 Å². The summed E-state index contributed by atoms with van der Waals surface area (Å²) in [6.07, 6.45) is 9.56. The highest BCUT2D eigenvalue weighted by molar-refractivity contribution is 5.48. The summed E-state index contributed by atoms with van der Waals surface area (Å²) in [5.41, 5.74) is 1.28. The topological polar surface area (TPSA) is 24.1 Å². The first-order valence-electron chi connectivity index (χ1n) is 7.57. The molecule has 19 heavy (non-hydrogen) atoms. The van der Waals surface area contributed by atoms with Gasteiger partial charge in [0.25, 0.3) is 0 Å². The van der Waals surface area contributed by atoms with Crippen LogP contribution < -0.4 is 10.6 Å². The minimum atomic E-state index is 0.789. The van der Waals surface area contributed by atoms with Gasteiger partial charge in [0.05, 0.1) is 0 Å². The van der Waals surface area contributed by atoms with E-state index in [1.807, 2.05) is 6.07 Å². The zero-order chi connectivity index (χ0) is 13.3. The molecule has 2 nitrogen and oxygen atoms in total. The van der Waals surface area contributed by atoms with E-state index in [2.05, 4.69) is 54.0 Å². The molecule has 1 saturated heterocycles. The fourth-order valence-electron chi connectivity index (χ4n) is 2.20. The summed E-state index contributed by atoms with van der Waals surface area (Å²) in [7, 11) is 0. The molecule has 2 aliphatic rings. The van der Waals surface area contributed by atoms with Crippen LogP contribution in [0.2, 0.25) is 0 Å². The Balaban J connectivity index is 0.000000141. The summed E-state index contributed by atoms with van der Waals surface area (Å²) in [5.74, 6) is 0. The van der Waals surface area contributed by atoms with Gasteiger partial charge in [-0.3, -0.25) is 0 Å². The number of allylic oxidation sites excluding steroid dienone is 1. The Bertz CT molecular complexity index is 362. The Kier molecular flexibility index (Phi) is 6.12. The van der Waals surface area contributed by atoms with Crippen molar-refractivity contribution in [2.75, 3.05) is 13.1 Å². The van der Waals surface area contributed by atoms with Crippen LogP contribution in [0.5, 0.6) is 0 Å². The van der Waals surface area contributed by atoms with Crippen molar-refractivity contribution in [2.24, 2.45) is 0 Å². The third kappa shape index (κ3) is 6.04. The first-order chi connectivity index (χ1) is 9.38. The molecule has 0 spiro atoms. The van der Waals surface area contributed by atoms with Gasteiger partial charge in [0.15, 0.2) is 0 Å². The summed E-state index contributed by atoms with van der Waals surface area (Å²) < 4.78 is 0. The molecule has 1 atom stereocenters. The molecule has 104 valence electrons. The normalized spacial score (nSPS) is 22.3. The maximum atomic E-state index is 3.59. The fourth-order valence-corrected chi connectivity index (χ4v) is 2.20. The molecular weight excluding hydrogens is 232 g/mol. The van der Waals surface area contributed by atoms with E-state index in [-0.39, 0.29) is 0 Å². The summed E-state index contributed by atoms with van der Waals surface area (Å²) in [4.78, 5) is 0. The van der Waals surface area contributed by atoms with Gasteiger partial charge in [-0.15, -0.1) is 0 Å². The van der Waals surface area contributed by atoms with Gasteiger partial charge in [-0.05, 0) is 37.8 Å². The number of hydrogen-bond donors (Lipinski definition) is 2. The molecule has 1 saturated carbocycles. The lowest BCUT2D eigenvalue weighted by Crippen LogP contribution is -2.32. The van der Waals surface area contributed by atoms with E-state index in [1.165, 1.54) is 37.9 Å². The molecule has 0 bridgehead atoms. The number of benzene rings is 1. The average Bonchev–Trinajstić information content (AvgIpc) is 3.11. The van der Waals surface area contributed by atoms with Gasteiger partial charge in [-0.2, -0.15) is 0 Å². The van der Waals surface area contributed by atoms with Gasteiger partial charge < -0.3 is 10.6 Å². The Hall–Kier alpha value is -1.12. The highest BCUT2D eigenvalue weighted by Crippen LogP contribution is 2.20. The first-order valence-corrected chi connectivity index (χ1v) is 7.57. The van der Waals surface area contributed by atoms with E-state index in [0.717, 1.165) is 18.5 Å². The van der Waals surface area contributed by atoms with E-state index in [1.54, 1.807) is 0 Å². The average molecular weight is 258 g/mol. The minimum Gasteiger partial charge on any atom is -0.315 e. The van der Waals surface area contributed by atoms with Crippen molar-refractivity contribution in [1.82, 2.24) is 10.6 Å². The first kappa shape index (κ1) is 14.3. The molecule has 0 aromatic heterocycles. The second-order valence-electron chi connectivity index (χ2n) is 5.35. The fraction of sp³-hybridized carbons (Fsp3) is 0.529. The molecule has 1 aliphatic carbocycles. The van der Waals surface area contributed by atoms with Crippen LogP contribution in [0.3, 0.4) is 0 Å². The third-order valence-electron chi connectivity index (χ3n) is 3.45. The Morgan fingerprint density at radius 3 is 2.53 bits per heavy atom. The SMILES string of the molecule is C1CC(NC2CC2)CN1.CC/C=C\c1ccccc1. The standard InChI is InChI=1S/C10H12.C7H14N2/c1-2-3-7-10-8-5-4-6-9-10;1-2-6(1)9-7-3-4-8-5-7/h3-9H,2H2,1H3;6-9H,1-5H2/b7-3-;. The molecule has 0 radical (unpaired) electrons. The molecule has 1 aliphatic heterocycles. The van der Waals surface area contributed by atoms with Crippen LogP contribution in [0.4, 0.5) is 0 Å². The third-order valence-corrected chi connectivity index (χ3v) is 3.45. The summed E-state index contributed by atoms with van der Waals surface area (Å²) >= 11 is 0. The quantitative estimate of drug-likeness (QED) is 0.866. The zero-order valence-corrected chi connectivity index (χ0v) is 11.9. The van der Waals surface area contributed by atoms with Gasteiger partial charge in [0, 0.05) is 18.6 Å². The van der Waals surface area contributed by atoms with Crippen molar-refractivity contribution < 1.29 is 0 Å². The zero-order valence-electron chi connectivity index (χ0n) is 11.9. The van der Waals surface area contributed by atoms with Gasteiger partial charge in [0.1, 0.15) is 0 Å². The lowest BCUT2D eigenvalue weighted by molar-refractivity contribution is 0.544. The lowest BCUT2D eigenvalue weighted by atomic mass is 10.2. The second kappa shape index (κ2) is 8.13. The van der Waals surface area contributed by atoms with Crippen molar-refractivity contribution in [3.63, 3.8) is 0 Å². The minimum absolute atomic E-state index is 0.789. The predicted octanol–water partition coefficient (Wildman–Crippen LogP) is 3.21. The Morgan fingerprint density at radius 2 is 1.95 bits per heavy atom. The van der Waals surface area contributed by atoms with Crippen molar-refractivity contribution in [3.8, 4) is 0 Å². The molecule has 3 rings (SSSR count). The highest BCUT2D eigenvalue weighted by Gasteiger charge is 2.25. The second-order valence-corrected chi connectivity index (χ2v) is 5.35. The highest BCUT2D eigenvalue weighted by atomic mass is 15.1. The maximum Gasteiger partial charge on any atom is 0.0207 e. The van der Waals surface area contributed by atoms with E-state index in [4.69, 9.17) is 0 Å². The van der Waals surface area contributed by atoms with Crippen LogP contribution in [-0.4, -0.2) is 25.2 Å². The Labute approximate surface area is 117 Å². The van der Waals surface area contributed by atoms with Crippen molar-refractivity contribution in [3.05, 3.63) is 42.0 Å². The van der Waals surface area contributed by atoms with Crippen LogP contribution in [-0.2, 0) is 0 Å². The van der Waals surface area contributed by atoms with E-state index >= 15 is 0 Å². The smallest absolute Gasteiger partial charge is 0.0207 e. The van der Waals surface area contributed by atoms with Crippen LogP contribution in [0.1, 0.15) is 38.2 Å². The maximum absolute atomic E-state index is 3.59. The monoisotopic (exact) mass is 258 g/mol. The Morgan fingerprint density at radius 1 is 1.16 bits per heavy atom. The number of nitrogens with one attached hydrogen (secondary N) is 2. The van der Waals surface area contributed by atoms with E-state index in [9.17, 15) is 0 Å². The number of hydrogen-bond acceptors (Lipinski definition) is 2. The molecule has 2 heteroatoms. The van der Waals surface area contributed by atoms with Crippen LogP contribution in [0.25, 0.3) is 6.08 Å². The van der Waals surface area contributed by atoms with Crippen LogP contribution in [0, 0.1) is 0 Å². The molecule has 2 fully saturated rings. The molecular formula is C17H26N2. The molecule has 1 unspecified atom stereocenters. The van der Waals surface area contributed by atoms with Crippen LogP contribution >= 0.6 is 0 Å². The molecule has 2 N–H and O–H groups in total. The predicted molar refractivity (Wildman–Crippen MR) is 83.2 cm³/mol. The van der Waals surface area contributed by atoms with Gasteiger partial charge in [0.2, 0.25) is 0 Å². The molecule has 0 amide bonds. The van der Waals surface area contributed by atoms with E-state index < -0.39 is 0 Å². The van der Waals surface area contributed by atoms with E-state index in [0.29, 0.717) is 0 Å². The summed E-state index contributed by atoms with van der Waals surface area (Å²) in [6.45, 7) is 4.54. The summed E-state index contributed by atoms with van der Waals surface area (Å²) in [6, 6.07) is 12.0. The molecule has 1 aromatic carbocycles. The van der Waals surface area contributed by atoms with Crippen molar-refractivity contribution in [1.29, 1.82) is 0 Å². The van der Waals surface area contributed by atoms with Gasteiger partial charge in [-0.1, -0.05) is 49.4 Å². The van der Waals surface area contributed by atoms with Gasteiger partial charge in [-0.25, -0.2) is 0 Å². The van der Waals surface area contributed by atoms with Gasteiger partial charge >= 0.3 is 0 Å². The molecule has 1 heterocycles. The number of rotatable bonds is 4. The largest absolute Gasteiger partial charge is 0.315 e. The summed E-state index contributed by atoms with van der Waals surface area (Å²) in [5, 5.41) is 6.93. The van der Waals surface area contributed by atoms with Crippen molar-refractivity contribution >= 4 is 6.08 Å². The lowest BCUT2D eigenvalue weighted by Gasteiger charge is -2.08. The van der Waals surface area contributed by atoms with Crippen LogP contribution in [0.15, 0.2) is 36.4 Å².